The van der Waals surface area contributed by atoms with Crippen LogP contribution in [0.25, 0.3) is 0 Å². The highest BCUT2D eigenvalue weighted by atomic mass is 32.1. The van der Waals surface area contributed by atoms with E-state index in [2.05, 4.69) is 23.3 Å². The van der Waals surface area contributed by atoms with Gasteiger partial charge in [-0.05, 0) is 37.1 Å². The predicted molar refractivity (Wildman–Crippen MR) is 82.1 cm³/mol. The summed E-state index contributed by atoms with van der Waals surface area (Å²) < 4.78 is 0. The summed E-state index contributed by atoms with van der Waals surface area (Å²) in [6.45, 7) is 0.624. The molecule has 0 aromatic heterocycles. The summed E-state index contributed by atoms with van der Waals surface area (Å²) >= 11 is 3.86. The molecular formula is C14H20N2O3S. The van der Waals surface area contributed by atoms with Crippen LogP contribution in [-0.2, 0) is 9.59 Å². The molecule has 3 N–H and O–H groups in total. The standard InChI is InChI=1S/C14H20N2O3S/c17-12-7-5-11(6-8-12)16-13(18)4-2-1-3-9-15-14(19)10-20/h5-8,17,20H,1-4,9-10H2,(H,15,19)(H,16,18). The molecule has 0 fully saturated rings. The molecular weight excluding hydrogens is 276 g/mol. The quantitative estimate of drug-likeness (QED) is 0.336. The predicted octanol–water partition coefficient (Wildman–Crippen LogP) is 1.94. The number of carbonyl (C=O) groups excluding carboxylic acids is 2. The van der Waals surface area contributed by atoms with Crippen LogP contribution in [0.5, 0.6) is 5.75 Å². The number of rotatable bonds is 8. The Kier molecular flexibility index (Phi) is 7.57. The number of unbranched alkanes of at least 4 members (excludes halogenated alkanes) is 2. The molecule has 5 nitrogen and oxygen atoms in total. The van der Waals surface area contributed by atoms with Crippen molar-refractivity contribution in [3.05, 3.63) is 24.3 Å². The molecule has 0 heterocycles. The lowest BCUT2D eigenvalue weighted by molar-refractivity contribution is -0.118. The lowest BCUT2D eigenvalue weighted by Gasteiger charge is -2.06. The van der Waals surface area contributed by atoms with Crippen LogP contribution in [0.1, 0.15) is 25.7 Å². The number of hydrogen-bond acceptors (Lipinski definition) is 4. The van der Waals surface area contributed by atoms with Gasteiger partial charge in [-0.25, -0.2) is 0 Å². The average molecular weight is 296 g/mol. The molecule has 0 radical (unpaired) electrons. The highest BCUT2D eigenvalue weighted by Gasteiger charge is 2.02. The van der Waals surface area contributed by atoms with Gasteiger partial charge in [-0.15, -0.1) is 0 Å². The second-order valence-electron chi connectivity index (χ2n) is 4.41. The summed E-state index contributed by atoms with van der Waals surface area (Å²) in [6, 6.07) is 6.36. The molecule has 1 aromatic carbocycles. The van der Waals surface area contributed by atoms with E-state index in [9.17, 15) is 9.59 Å². The first-order valence-corrected chi connectivity index (χ1v) is 7.21. The van der Waals surface area contributed by atoms with Crippen LogP contribution in [0.3, 0.4) is 0 Å². The molecule has 0 aliphatic heterocycles. The third-order valence-corrected chi connectivity index (χ3v) is 2.98. The molecule has 0 bridgehead atoms. The number of nitrogens with one attached hydrogen (secondary N) is 2. The van der Waals surface area contributed by atoms with Crippen molar-refractivity contribution in [3.63, 3.8) is 0 Å². The van der Waals surface area contributed by atoms with Crippen molar-refractivity contribution in [2.45, 2.75) is 25.7 Å². The average Bonchev–Trinajstić information content (AvgIpc) is 2.44. The van der Waals surface area contributed by atoms with E-state index < -0.39 is 0 Å². The molecule has 0 aliphatic rings. The number of phenols is 1. The van der Waals surface area contributed by atoms with Gasteiger partial charge in [-0.2, -0.15) is 12.6 Å². The van der Waals surface area contributed by atoms with E-state index in [-0.39, 0.29) is 23.3 Å². The van der Waals surface area contributed by atoms with E-state index in [4.69, 9.17) is 5.11 Å². The summed E-state index contributed by atoms with van der Waals surface area (Å²) in [4.78, 5) is 22.5. The molecule has 1 rings (SSSR count). The van der Waals surface area contributed by atoms with Gasteiger partial charge >= 0.3 is 0 Å². The van der Waals surface area contributed by atoms with Crippen molar-refractivity contribution in [1.82, 2.24) is 5.32 Å². The second-order valence-corrected chi connectivity index (χ2v) is 4.73. The maximum atomic E-state index is 11.6. The Morgan fingerprint density at radius 1 is 1.05 bits per heavy atom. The first-order chi connectivity index (χ1) is 9.61. The Morgan fingerprint density at radius 3 is 2.40 bits per heavy atom. The van der Waals surface area contributed by atoms with Gasteiger partial charge in [0.1, 0.15) is 5.75 Å². The zero-order valence-electron chi connectivity index (χ0n) is 11.3. The van der Waals surface area contributed by atoms with Gasteiger partial charge in [0.25, 0.3) is 0 Å². The Balaban J connectivity index is 2.08. The number of anilines is 1. The molecule has 6 heteroatoms. The van der Waals surface area contributed by atoms with Crippen LogP contribution in [0.2, 0.25) is 0 Å². The third-order valence-electron chi connectivity index (χ3n) is 2.70. The summed E-state index contributed by atoms with van der Waals surface area (Å²) in [7, 11) is 0. The minimum absolute atomic E-state index is 0.0462. The van der Waals surface area contributed by atoms with Gasteiger partial charge in [-0.3, -0.25) is 9.59 Å². The van der Waals surface area contributed by atoms with E-state index in [0.717, 1.165) is 19.3 Å². The lowest BCUT2D eigenvalue weighted by atomic mass is 10.2. The minimum atomic E-state index is -0.0709. The summed E-state index contributed by atoms with van der Waals surface area (Å²) in [6.07, 6.45) is 2.96. The Morgan fingerprint density at radius 2 is 1.75 bits per heavy atom. The zero-order chi connectivity index (χ0) is 14.8. The van der Waals surface area contributed by atoms with Crippen molar-refractivity contribution in [2.24, 2.45) is 0 Å². The van der Waals surface area contributed by atoms with Crippen molar-refractivity contribution in [2.75, 3.05) is 17.6 Å². The third kappa shape index (κ3) is 7.04. The maximum Gasteiger partial charge on any atom is 0.229 e. The Hall–Kier alpha value is -1.69. The van der Waals surface area contributed by atoms with Crippen molar-refractivity contribution >= 4 is 30.1 Å². The van der Waals surface area contributed by atoms with Crippen LogP contribution >= 0.6 is 12.6 Å². The van der Waals surface area contributed by atoms with E-state index in [0.29, 0.717) is 18.7 Å². The van der Waals surface area contributed by atoms with Gasteiger partial charge in [0.05, 0.1) is 5.75 Å². The largest absolute Gasteiger partial charge is 0.508 e. The van der Waals surface area contributed by atoms with Crippen molar-refractivity contribution in [1.29, 1.82) is 0 Å². The Labute approximate surface area is 124 Å². The monoisotopic (exact) mass is 296 g/mol. The molecule has 20 heavy (non-hydrogen) atoms. The number of hydrogen-bond donors (Lipinski definition) is 4. The maximum absolute atomic E-state index is 11.6. The molecule has 0 unspecified atom stereocenters. The normalized spacial score (nSPS) is 10.1. The molecule has 1 aromatic rings. The first kappa shape index (κ1) is 16.4. The van der Waals surface area contributed by atoms with Crippen LogP contribution in [-0.4, -0.2) is 29.2 Å². The summed E-state index contributed by atoms with van der Waals surface area (Å²) in [5, 5.41) is 14.6. The SMILES string of the molecule is O=C(CS)NCCCCCC(=O)Nc1ccc(O)cc1. The summed E-state index contributed by atoms with van der Waals surface area (Å²) in [5.41, 5.74) is 0.675. The fourth-order valence-corrected chi connectivity index (χ4v) is 1.75. The van der Waals surface area contributed by atoms with E-state index in [1.165, 1.54) is 12.1 Å². The molecule has 0 spiro atoms. The number of benzene rings is 1. The second kappa shape index (κ2) is 9.25. The number of carbonyl (C=O) groups is 2. The Bertz CT molecular complexity index is 435. The zero-order valence-corrected chi connectivity index (χ0v) is 12.2. The van der Waals surface area contributed by atoms with Gasteiger partial charge in [-0.1, -0.05) is 6.42 Å². The molecule has 0 saturated carbocycles. The van der Waals surface area contributed by atoms with Crippen molar-refractivity contribution in [3.8, 4) is 5.75 Å². The van der Waals surface area contributed by atoms with Gasteiger partial charge in [0.15, 0.2) is 0 Å². The molecule has 0 saturated heterocycles. The van der Waals surface area contributed by atoms with Gasteiger partial charge in [0, 0.05) is 18.7 Å². The van der Waals surface area contributed by atoms with Crippen LogP contribution < -0.4 is 10.6 Å². The van der Waals surface area contributed by atoms with Gasteiger partial charge < -0.3 is 15.7 Å². The van der Waals surface area contributed by atoms with Crippen LogP contribution in [0.4, 0.5) is 5.69 Å². The highest BCUT2D eigenvalue weighted by Crippen LogP contribution is 2.14. The van der Waals surface area contributed by atoms with E-state index >= 15 is 0 Å². The number of aromatic hydroxyl groups is 1. The van der Waals surface area contributed by atoms with E-state index in [1.54, 1.807) is 12.1 Å². The highest BCUT2D eigenvalue weighted by molar-refractivity contribution is 7.81. The fourth-order valence-electron chi connectivity index (χ4n) is 1.64. The molecule has 110 valence electrons. The molecule has 0 aliphatic carbocycles. The molecule has 2 amide bonds. The smallest absolute Gasteiger partial charge is 0.229 e. The van der Waals surface area contributed by atoms with E-state index in [1.807, 2.05) is 0 Å². The number of phenolic OH excluding ortho intramolecular Hbond substituents is 1. The van der Waals surface area contributed by atoms with Crippen LogP contribution in [0.15, 0.2) is 24.3 Å². The van der Waals surface area contributed by atoms with Crippen LogP contribution in [0, 0.1) is 0 Å². The lowest BCUT2D eigenvalue weighted by Crippen LogP contribution is -2.25. The number of amides is 2. The molecule has 0 atom stereocenters. The fraction of sp³-hybridized carbons (Fsp3) is 0.429. The first-order valence-electron chi connectivity index (χ1n) is 6.58. The topological polar surface area (TPSA) is 78.4 Å². The summed E-state index contributed by atoms with van der Waals surface area (Å²) in [5.74, 6) is 0.259. The van der Waals surface area contributed by atoms with Crippen molar-refractivity contribution < 1.29 is 14.7 Å². The van der Waals surface area contributed by atoms with Gasteiger partial charge in [0.2, 0.25) is 11.8 Å². The minimum Gasteiger partial charge on any atom is -0.508 e. The number of thiol groups is 1.